The van der Waals surface area contributed by atoms with Gasteiger partial charge in [0.25, 0.3) is 0 Å². The highest BCUT2D eigenvalue weighted by atomic mass is 16.4. The number of aliphatic carboxylic acids is 1. The van der Waals surface area contributed by atoms with Gasteiger partial charge in [0.05, 0.1) is 6.04 Å². The molecule has 0 unspecified atom stereocenters. The Morgan fingerprint density at radius 3 is 1.76 bits per heavy atom. The number of carboxylic acids is 1. The van der Waals surface area contributed by atoms with Crippen molar-refractivity contribution in [2.75, 3.05) is 32.7 Å². The molecule has 11 heteroatoms. The third kappa shape index (κ3) is 4.83. The van der Waals surface area contributed by atoms with Crippen molar-refractivity contribution in [1.82, 2.24) is 25.3 Å². The molecule has 4 aliphatic rings. The monoisotopic (exact) mass is 463 g/mol. The molecule has 4 saturated heterocycles. The van der Waals surface area contributed by atoms with Crippen LogP contribution in [0.25, 0.3) is 0 Å². The standard InChI is InChI=1S/C22H33N5O6/c28-18(29)13-24-19(30)15-6-2-10-25(15)21(32)17-8-4-12-27(17)22(33)16-7-3-11-26(16)20(31)14-5-1-9-23-14/h14-17,23H,1-13H2,(H,24,30)(H,28,29)/t14-,15-,16-,17-/m0/s1. The minimum Gasteiger partial charge on any atom is -0.480 e. The Balaban J connectivity index is 1.42. The fourth-order valence-corrected chi connectivity index (χ4v) is 5.64. The van der Waals surface area contributed by atoms with Crippen LogP contribution in [0.15, 0.2) is 0 Å². The van der Waals surface area contributed by atoms with Gasteiger partial charge in [0.2, 0.25) is 23.6 Å². The SMILES string of the molecule is O=C(O)CNC(=O)[C@@H]1CCCN1C(=O)[C@@H]1CCCN1C(=O)[C@@H]1CCCN1C(=O)[C@@H]1CCCN1. The summed E-state index contributed by atoms with van der Waals surface area (Å²) in [6, 6.07) is -2.13. The number of carboxylic acid groups (broad SMARTS) is 1. The lowest BCUT2D eigenvalue weighted by Gasteiger charge is -2.34. The summed E-state index contributed by atoms with van der Waals surface area (Å²) >= 11 is 0. The summed E-state index contributed by atoms with van der Waals surface area (Å²) in [5.74, 6) is -2.09. The van der Waals surface area contributed by atoms with Crippen LogP contribution < -0.4 is 10.6 Å². The van der Waals surface area contributed by atoms with Crippen molar-refractivity contribution < 1.29 is 29.1 Å². The molecule has 0 spiro atoms. The first kappa shape index (κ1) is 23.5. The average molecular weight is 464 g/mol. The van der Waals surface area contributed by atoms with E-state index in [4.69, 9.17) is 5.11 Å². The minimum absolute atomic E-state index is 0.0277. The molecule has 0 aromatic carbocycles. The number of hydrogen-bond acceptors (Lipinski definition) is 6. The number of nitrogens with one attached hydrogen (secondary N) is 2. The van der Waals surface area contributed by atoms with Gasteiger partial charge in [-0.25, -0.2) is 0 Å². The van der Waals surface area contributed by atoms with Crippen LogP contribution in [-0.4, -0.2) is 106 Å². The second-order valence-electron chi connectivity index (χ2n) is 9.33. The van der Waals surface area contributed by atoms with Crippen molar-refractivity contribution in [2.45, 2.75) is 75.5 Å². The third-order valence-corrected chi connectivity index (χ3v) is 7.25. The minimum atomic E-state index is -1.14. The van der Waals surface area contributed by atoms with Crippen LogP contribution in [0.4, 0.5) is 0 Å². The van der Waals surface area contributed by atoms with Gasteiger partial charge in [0, 0.05) is 19.6 Å². The molecule has 3 N–H and O–H groups in total. The lowest BCUT2D eigenvalue weighted by atomic mass is 10.1. The largest absolute Gasteiger partial charge is 0.480 e. The molecule has 0 aromatic heterocycles. The smallest absolute Gasteiger partial charge is 0.322 e. The highest BCUT2D eigenvalue weighted by molar-refractivity contribution is 5.96. The van der Waals surface area contributed by atoms with E-state index in [1.165, 1.54) is 4.90 Å². The zero-order valence-electron chi connectivity index (χ0n) is 18.8. The number of hydrogen-bond donors (Lipinski definition) is 3. The second kappa shape index (κ2) is 10.1. The van der Waals surface area contributed by atoms with Gasteiger partial charge in [-0.15, -0.1) is 0 Å². The van der Waals surface area contributed by atoms with Crippen molar-refractivity contribution in [1.29, 1.82) is 0 Å². The summed E-state index contributed by atoms with van der Waals surface area (Å²) < 4.78 is 0. The Morgan fingerprint density at radius 2 is 1.24 bits per heavy atom. The Hall–Kier alpha value is -2.69. The Kier molecular flexibility index (Phi) is 7.16. The summed E-state index contributed by atoms with van der Waals surface area (Å²) in [6.07, 6.45) is 5.42. The Morgan fingerprint density at radius 1 is 0.727 bits per heavy atom. The summed E-state index contributed by atoms with van der Waals surface area (Å²) in [5, 5.41) is 14.4. The van der Waals surface area contributed by atoms with E-state index in [0.717, 1.165) is 25.8 Å². The first-order valence-electron chi connectivity index (χ1n) is 12.0. The van der Waals surface area contributed by atoms with E-state index in [0.29, 0.717) is 51.7 Å². The van der Waals surface area contributed by atoms with Gasteiger partial charge in [-0.3, -0.25) is 24.0 Å². The van der Waals surface area contributed by atoms with Crippen LogP contribution >= 0.6 is 0 Å². The molecule has 182 valence electrons. The molecular weight excluding hydrogens is 430 g/mol. The quantitative estimate of drug-likeness (QED) is 0.455. The fraction of sp³-hybridized carbons (Fsp3) is 0.773. The summed E-state index contributed by atoms with van der Waals surface area (Å²) in [4.78, 5) is 67.9. The molecule has 0 aromatic rings. The predicted octanol–water partition coefficient (Wildman–Crippen LogP) is -1.09. The zero-order chi connectivity index (χ0) is 23.5. The highest BCUT2D eigenvalue weighted by Crippen LogP contribution is 2.29. The maximum atomic E-state index is 13.5. The summed E-state index contributed by atoms with van der Waals surface area (Å²) in [5.41, 5.74) is 0. The van der Waals surface area contributed by atoms with Gasteiger partial charge >= 0.3 is 5.97 Å². The number of rotatable bonds is 6. The average Bonchev–Trinajstić information content (AvgIpc) is 3.62. The first-order valence-corrected chi connectivity index (χ1v) is 12.0. The number of carbonyl (C=O) groups excluding carboxylic acids is 4. The second-order valence-corrected chi connectivity index (χ2v) is 9.33. The van der Waals surface area contributed by atoms with Crippen LogP contribution in [0.1, 0.15) is 51.4 Å². The fourth-order valence-electron chi connectivity index (χ4n) is 5.64. The normalized spacial score (nSPS) is 29.5. The predicted molar refractivity (Wildman–Crippen MR) is 116 cm³/mol. The number of nitrogens with zero attached hydrogens (tertiary/aromatic N) is 3. The lowest BCUT2D eigenvalue weighted by molar-refractivity contribution is -0.151. The zero-order valence-corrected chi connectivity index (χ0v) is 18.8. The van der Waals surface area contributed by atoms with Crippen molar-refractivity contribution >= 4 is 29.6 Å². The van der Waals surface area contributed by atoms with E-state index in [1.807, 2.05) is 0 Å². The first-order chi connectivity index (χ1) is 15.9. The summed E-state index contributed by atoms with van der Waals surface area (Å²) in [6.45, 7) is 1.73. The topological polar surface area (TPSA) is 139 Å². The van der Waals surface area contributed by atoms with Crippen LogP contribution in [0.5, 0.6) is 0 Å². The van der Waals surface area contributed by atoms with Crippen molar-refractivity contribution in [2.24, 2.45) is 0 Å². The van der Waals surface area contributed by atoms with E-state index in [1.54, 1.807) is 9.80 Å². The number of amides is 4. The molecule has 4 heterocycles. The van der Waals surface area contributed by atoms with Gasteiger partial charge in [0.1, 0.15) is 24.7 Å². The van der Waals surface area contributed by atoms with Crippen LogP contribution in [0.3, 0.4) is 0 Å². The molecule has 4 amide bonds. The molecule has 0 bridgehead atoms. The Labute approximate surface area is 192 Å². The molecule has 4 aliphatic heterocycles. The maximum Gasteiger partial charge on any atom is 0.322 e. The highest BCUT2D eigenvalue weighted by Gasteiger charge is 2.46. The number of likely N-dealkylation sites (tertiary alicyclic amines) is 3. The molecule has 4 rings (SSSR count). The van der Waals surface area contributed by atoms with E-state index >= 15 is 0 Å². The van der Waals surface area contributed by atoms with Crippen LogP contribution in [0.2, 0.25) is 0 Å². The van der Waals surface area contributed by atoms with Gasteiger partial charge in [-0.05, 0) is 57.9 Å². The summed E-state index contributed by atoms with van der Waals surface area (Å²) in [7, 11) is 0. The molecule has 0 saturated carbocycles. The molecule has 4 atom stereocenters. The van der Waals surface area contributed by atoms with Crippen molar-refractivity contribution in [3.63, 3.8) is 0 Å². The molecule has 0 aliphatic carbocycles. The van der Waals surface area contributed by atoms with Gasteiger partial charge in [-0.1, -0.05) is 0 Å². The molecule has 33 heavy (non-hydrogen) atoms. The molecule has 11 nitrogen and oxygen atoms in total. The molecular formula is C22H33N5O6. The van der Waals surface area contributed by atoms with E-state index < -0.39 is 36.5 Å². The van der Waals surface area contributed by atoms with E-state index in [2.05, 4.69) is 10.6 Å². The Bertz CT molecular complexity index is 813. The van der Waals surface area contributed by atoms with E-state index in [-0.39, 0.29) is 23.8 Å². The van der Waals surface area contributed by atoms with Crippen LogP contribution in [-0.2, 0) is 24.0 Å². The number of carbonyl (C=O) groups is 5. The van der Waals surface area contributed by atoms with Gasteiger partial charge in [-0.2, -0.15) is 0 Å². The van der Waals surface area contributed by atoms with Crippen molar-refractivity contribution in [3.05, 3.63) is 0 Å². The maximum absolute atomic E-state index is 13.5. The van der Waals surface area contributed by atoms with Gasteiger partial charge in [0.15, 0.2) is 0 Å². The van der Waals surface area contributed by atoms with Crippen LogP contribution in [0, 0.1) is 0 Å². The van der Waals surface area contributed by atoms with E-state index in [9.17, 15) is 24.0 Å². The molecule has 4 fully saturated rings. The lowest BCUT2D eigenvalue weighted by Crippen LogP contribution is -2.57. The van der Waals surface area contributed by atoms with Crippen molar-refractivity contribution in [3.8, 4) is 0 Å². The molecule has 0 radical (unpaired) electrons. The van der Waals surface area contributed by atoms with Gasteiger partial charge < -0.3 is 30.4 Å². The third-order valence-electron chi connectivity index (χ3n) is 7.25.